The third kappa shape index (κ3) is 40.2. The van der Waals surface area contributed by atoms with Crippen LogP contribution >= 0.6 is 0 Å². The van der Waals surface area contributed by atoms with Crippen LogP contribution in [0.1, 0.15) is 277 Å². The normalized spacial score (nSPS) is 14.0. The van der Waals surface area contributed by atoms with Crippen molar-refractivity contribution in [2.24, 2.45) is 0 Å². The maximum absolute atomic E-state index is 12.6. The van der Waals surface area contributed by atoms with E-state index in [-0.39, 0.29) is 0 Å². The minimum atomic E-state index is -1.26. The molecule has 0 saturated carbocycles. The van der Waals surface area contributed by atoms with Gasteiger partial charge in [-0.05, 0) is 38.5 Å². The second kappa shape index (κ2) is 46.1. The molecule has 0 radical (unpaired) electrons. The molecule has 0 aromatic heterocycles. The average Bonchev–Trinajstić information content (AvgIpc) is 3.22. The molecule has 5 N–H and O–H groups in total. The maximum Gasteiger partial charge on any atom is 0.249 e. The Morgan fingerprint density at radius 3 is 1.02 bits per heavy atom. The first-order chi connectivity index (χ1) is 28.0. The minimum Gasteiger partial charge on any atom is -0.394 e. The van der Waals surface area contributed by atoms with Gasteiger partial charge in [0, 0.05) is 0 Å². The van der Waals surface area contributed by atoms with E-state index in [4.69, 9.17) is 0 Å². The summed E-state index contributed by atoms with van der Waals surface area (Å²) in [5.41, 5.74) is 0. The van der Waals surface area contributed by atoms with Crippen LogP contribution in [0.25, 0.3) is 0 Å². The van der Waals surface area contributed by atoms with Crippen LogP contribution in [0.15, 0.2) is 12.2 Å². The first kappa shape index (κ1) is 56.0. The van der Waals surface area contributed by atoms with Crippen molar-refractivity contribution in [2.75, 3.05) is 6.61 Å². The molecule has 0 aromatic rings. The van der Waals surface area contributed by atoms with E-state index in [9.17, 15) is 25.2 Å². The lowest BCUT2D eigenvalue weighted by Crippen LogP contribution is -2.53. The first-order valence-corrected chi connectivity index (χ1v) is 25.6. The van der Waals surface area contributed by atoms with Crippen LogP contribution in [0.2, 0.25) is 0 Å². The highest BCUT2D eigenvalue weighted by molar-refractivity contribution is 5.80. The van der Waals surface area contributed by atoms with Crippen molar-refractivity contribution in [1.29, 1.82) is 0 Å². The zero-order valence-electron chi connectivity index (χ0n) is 38.4. The van der Waals surface area contributed by atoms with E-state index in [1.807, 2.05) is 0 Å². The highest BCUT2D eigenvalue weighted by atomic mass is 16.3. The zero-order valence-corrected chi connectivity index (χ0v) is 38.4. The number of hydrogen-bond acceptors (Lipinski definition) is 5. The number of hydrogen-bond donors (Lipinski definition) is 5. The Morgan fingerprint density at radius 1 is 0.421 bits per heavy atom. The Kier molecular flexibility index (Phi) is 45.4. The molecule has 0 aliphatic carbocycles. The van der Waals surface area contributed by atoms with Gasteiger partial charge in [-0.15, -0.1) is 0 Å². The van der Waals surface area contributed by atoms with Gasteiger partial charge in [0.2, 0.25) is 5.91 Å². The van der Waals surface area contributed by atoms with Gasteiger partial charge in [-0.25, -0.2) is 0 Å². The summed E-state index contributed by atoms with van der Waals surface area (Å²) in [5, 5.41) is 43.9. The molecule has 0 aliphatic heterocycles. The van der Waals surface area contributed by atoms with Gasteiger partial charge >= 0.3 is 0 Å². The molecule has 0 heterocycles. The van der Waals surface area contributed by atoms with Crippen LogP contribution in [-0.2, 0) is 4.79 Å². The van der Waals surface area contributed by atoms with Crippen LogP contribution in [0, 0.1) is 0 Å². The molecule has 0 saturated heterocycles. The summed E-state index contributed by atoms with van der Waals surface area (Å²) in [6, 6.07) is -0.985. The Hall–Kier alpha value is -0.950. The molecule has 6 nitrogen and oxygen atoms in total. The third-order valence-corrected chi connectivity index (χ3v) is 12.2. The summed E-state index contributed by atoms with van der Waals surface area (Å²) in [7, 11) is 0. The summed E-state index contributed by atoms with van der Waals surface area (Å²) in [6.07, 6.45) is 52.5. The van der Waals surface area contributed by atoms with Gasteiger partial charge < -0.3 is 25.7 Å². The van der Waals surface area contributed by atoms with Crippen molar-refractivity contribution in [3.63, 3.8) is 0 Å². The molecular formula is C51H101NO5. The highest BCUT2D eigenvalue weighted by Gasteiger charge is 2.28. The van der Waals surface area contributed by atoms with Crippen LogP contribution in [0.5, 0.6) is 0 Å². The van der Waals surface area contributed by atoms with Gasteiger partial charge in [0.25, 0.3) is 0 Å². The number of aliphatic hydroxyl groups excluding tert-OH is 4. The van der Waals surface area contributed by atoms with Crippen LogP contribution in [0.3, 0.4) is 0 Å². The summed E-state index contributed by atoms with van der Waals surface area (Å²) in [5.74, 6) is -0.584. The van der Waals surface area contributed by atoms with E-state index in [1.54, 1.807) is 0 Å². The molecule has 0 bridgehead atoms. The zero-order chi connectivity index (χ0) is 41.7. The fraction of sp³-hybridized carbons (Fsp3) is 0.941. The van der Waals surface area contributed by atoms with Crippen molar-refractivity contribution in [2.45, 2.75) is 301 Å². The molecular weight excluding hydrogens is 707 g/mol. The van der Waals surface area contributed by atoms with Crippen molar-refractivity contribution in [1.82, 2.24) is 5.32 Å². The molecule has 0 spiro atoms. The number of rotatable bonds is 47. The lowest BCUT2D eigenvalue weighted by atomic mass is 9.99. The van der Waals surface area contributed by atoms with Crippen LogP contribution < -0.4 is 5.32 Å². The molecule has 4 atom stereocenters. The van der Waals surface area contributed by atoms with Crippen molar-refractivity contribution >= 4 is 5.91 Å². The fourth-order valence-electron chi connectivity index (χ4n) is 8.17. The predicted octanol–water partition coefficient (Wildman–Crippen LogP) is 14.1. The number of allylic oxidation sites excluding steroid dienone is 2. The first-order valence-electron chi connectivity index (χ1n) is 25.6. The second-order valence-corrected chi connectivity index (χ2v) is 17.9. The number of carbonyl (C=O) groups excluding carboxylic acids is 1. The molecule has 0 aliphatic rings. The molecule has 0 aromatic carbocycles. The fourth-order valence-corrected chi connectivity index (χ4v) is 8.17. The number of carbonyl (C=O) groups is 1. The van der Waals surface area contributed by atoms with Gasteiger partial charge in [0.05, 0.1) is 18.8 Å². The van der Waals surface area contributed by atoms with Gasteiger partial charge in [-0.2, -0.15) is 0 Å². The molecule has 0 fully saturated rings. The molecule has 57 heavy (non-hydrogen) atoms. The molecule has 1 amide bonds. The van der Waals surface area contributed by atoms with Crippen LogP contribution in [0.4, 0.5) is 0 Å². The Bertz CT molecular complexity index is 821. The number of nitrogens with one attached hydrogen (secondary N) is 1. The highest BCUT2D eigenvalue weighted by Crippen LogP contribution is 2.17. The van der Waals surface area contributed by atoms with Crippen LogP contribution in [-0.4, -0.2) is 57.3 Å². The summed E-state index contributed by atoms with van der Waals surface area (Å²) in [4.78, 5) is 12.6. The summed E-state index contributed by atoms with van der Waals surface area (Å²) in [6.45, 7) is 4.08. The lowest BCUT2D eigenvalue weighted by molar-refractivity contribution is -0.132. The summed E-state index contributed by atoms with van der Waals surface area (Å²) >= 11 is 0. The van der Waals surface area contributed by atoms with E-state index in [1.165, 1.54) is 205 Å². The third-order valence-electron chi connectivity index (χ3n) is 12.2. The molecule has 340 valence electrons. The van der Waals surface area contributed by atoms with Gasteiger partial charge in [-0.3, -0.25) is 4.79 Å². The lowest BCUT2D eigenvalue weighted by Gasteiger charge is -2.27. The Labute approximate surface area is 355 Å². The van der Waals surface area contributed by atoms with Gasteiger partial charge in [0.1, 0.15) is 12.2 Å². The minimum absolute atomic E-state index is 0.365. The molecule has 4 unspecified atom stereocenters. The average molecular weight is 808 g/mol. The van der Waals surface area contributed by atoms with Crippen molar-refractivity contribution < 1.29 is 25.2 Å². The largest absolute Gasteiger partial charge is 0.394 e. The monoisotopic (exact) mass is 808 g/mol. The Balaban J connectivity index is 3.67. The molecule has 6 heteroatoms. The van der Waals surface area contributed by atoms with E-state index >= 15 is 0 Å². The topological polar surface area (TPSA) is 110 Å². The molecule has 0 rings (SSSR count). The standard InChI is InChI=1S/C51H101NO5/c1-3-5-7-9-11-13-15-17-19-21-23-24-25-27-29-31-33-35-37-39-41-43-45-49(55)51(57)52-47(46-53)50(56)48(54)44-42-40-38-36-34-32-30-28-26-22-20-18-16-14-12-10-8-6-4-2/h27,29,47-50,53-56H,3-26,28,30-46H2,1-2H3,(H,52,57)/b29-27-. The maximum atomic E-state index is 12.6. The van der Waals surface area contributed by atoms with Gasteiger partial charge in [-0.1, -0.05) is 251 Å². The van der Waals surface area contributed by atoms with Crippen molar-refractivity contribution in [3.8, 4) is 0 Å². The number of unbranched alkanes of at least 4 members (excludes halogenated alkanes) is 36. The smallest absolute Gasteiger partial charge is 0.249 e. The number of aliphatic hydroxyl groups is 4. The SMILES string of the molecule is CCCCCCCCCCCCCC/C=C\CCCCCCCCC(O)C(=O)NC(CO)C(O)C(O)CCCCCCCCCCCCCCCCCCCCC. The van der Waals surface area contributed by atoms with Crippen molar-refractivity contribution in [3.05, 3.63) is 12.2 Å². The van der Waals surface area contributed by atoms with E-state index in [0.29, 0.717) is 12.8 Å². The summed E-state index contributed by atoms with van der Waals surface area (Å²) < 4.78 is 0. The van der Waals surface area contributed by atoms with E-state index in [2.05, 4.69) is 31.3 Å². The number of amides is 1. The quantitative estimate of drug-likeness (QED) is 0.0311. The van der Waals surface area contributed by atoms with E-state index in [0.717, 1.165) is 44.9 Å². The van der Waals surface area contributed by atoms with E-state index < -0.39 is 36.9 Å². The Morgan fingerprint density at radius 2 is 0.702 bits per heavy atom. The van der Waals surface area contributed by atoms with Gasteiger partial charge in [0.15, 0.2) is 0 Å². The second-order valence-electron chi connectivity index (χ2n) is 17.9. The predicted molar refractivity (Wildman–Crippen MR) is 247 cm³/mol.